The van der Waals surface area contributed by atoms with Gasteiger partial charge in [-0.05, 0) is 38.5 Å². The molecule has 13 heteroatoms. The lowest BCUT2D eigenvalue weighted by molar-refractivity contribution is -0.116. The number of ketones is 1. The Morgan fingerprint density at radius 3 is 2.55 bits per heavy atom. The van der Waals surface area contributed by atoms with Crippen LogP contribution in [0, 0.1) is 0 Å². The molecule has 0 aliphatic heterocycles. The molecule has 1 aromatic carbocycles. The van der Waals surface area contributed by atoms with Gasteiger partial charge in [-0.15, -0.1) is 0 Å². The van der Waals surface area contributed by atoms with Crippen molar-refractivity contribution in [3.05, 3.63) is 50.8 Å². The number of halogens is 2. The summed E-state index contributed by atoms with van der Waals surface area (Å²) in [6, 6.07) is 3.49. The smallest absolute Gasteiger partial charge is 0.305 e. The second-order valence-electron chi connectivity index (χ2n) is 7.75. The number of fused-ring (bicyclic) bond motifs is 1. The van der Waals surface area contributed by atoms with Crippen LogP contribution in [0.1, 0.15) is 51.6 Å². The van der Waals surface area contributed by atoms with Crippen LogP contribution in [0.15, 0.2) is 34.0 Å². The summed E-state index contributed by atoms with van der Waals surface area (Å²) in [6.07, 6.45) is -1.03. The fourth-order valence-electron chi connectivity index (χ4n) is 3.44. The van der Waals surface area contributed by atoms with Crippen LogP contribution in [-0.4, -0.2) is 39.4 Å². The third-order valence-electron chi connectivity index (χ3n) is 4.85. The number of Topliss-reactive ketones (excluding diaryl/α,β-unsaturated/α-hetero) is 1. The summed E-state index contributed by atoms with van der Waals surface area (Å²) < 4.78 is 54.0. The largest absolute Gasteiger partial charge is 0.348 e. The van der Waals surface area contributed by atoms with Crippen LogP contribution in [-0.2, 0) is 14.8 Å². The van der Waals surface area contributed by atoms with Gasteiger partial charge in [-0.1, -0.05) is 6.92 Å². The highest BCUT2D eigenvalue weighted by Crippen LogP contribution is 2.34. The summed E-state index contributed by atoms with van der Waals surface area (Å²) in [7, 11) is -4.35. The first kappa shape index (κ1) is 24.3. The van der Waals surface area contributed by atoms with Gasteiger partial charge in [0.1, 0.15) is 11.5 Å². The zero-order valence-corrected chi connectivity index (χ0v) is 18.9. The molecule has 3 rings (SSSR count). The fraction of sp³-hybridized carbons (Fsp3) is 0.400. The number of H-pyrrole nitrogens is 1. The molecule has 0 radical (unpaired) electrons. The highest BCUT2D eigenvalue weighted by Gasteiger charge is 2.23. The average molecular weight is 483 g/mol. The van der Waals surface area contributed by atoms with E-state index in [1.165, 1.54) is 16.9 Å². The van der Waals surface area contributed by atoms with Crippen molar-refractivity contribution >= 4 is 26.7 Å². The fourth-order valence-corrected chi connectivity index (χ4v) is 4.52. The molecule has 10 nitrogen and oxygen atoms in total. The lowest BCUT2D eigenvalue weighted by Crippen LogP contribution is -2.44. The molecular weight excluding hydrogens is 460 g/mol. The maximum atomic E-state index is 13.8. The van der Waals surface area contributed by atoms with Crippen molar-refractivity contribution in [1.29, 1.82) is 0 Å². The zero-order valence-electron chi connectivity index (χ0n) is 18.1. The summed E-state index contributed by atoms with van der Waals surface area (Å²) in [5.74, 6) is -1.49. The van der Waals surface area contributed by atoms with E-state index in [1.54, 1.807) is 25.6 Å². The molecule has 0 unspecified atom stereocenters. The number of carbonyl (C=O) groups is 1. The summed E-state index contributed by atoms with van der Waals surface area (Å²) in [4.78, 5) is 41.1. The molecule has 178 valence electrons. The minimum absolute atomic E-state index is 0.0142. The van der Waals surface area contributed by atoms with E-state index in [2.05, 4.69) is 10.1 Å². The van der Waals surface area contributed by atoms with Gasteiger partial charge in [0, 0.05) is 29.8 Å². The number of aromatic nitrogens is 4. The van der Waals surface area contributed by atoms with E-state index in [0.717, 1.165) is 12.1 Å². The Morgan fingerprint density at radius 1 is 1.24 bits per heavy atom. The lowest BCUT2D eigenvalue weighted by atomic mass is 10.0. The average Bonchev–Trinajstić information content (AvgIpc) is 3.20. The third kappa shape index (κ3) is 5.02. The molecule has 2 aromatic heterocycles. The topological polar surface area (TPSA) is 136 Å². The van der Waals surface area contributed by atoms with Crippen LogP contribution in [0.5, 0.6) is 0 Å². The molecule has 2 N–H and O–H groups in total. The predicted molar refractivity (Wildman–Crippen MR) is 118 cm³/mol. The van der Waals surface area contributed by atoms with Crippen molar-refractivity contribution in [3.63, 3.8) is 0 Å². The summed E-state index contributed by atoms with van der Waals surface area (Å²) in [6.45, 7) is 5.31. The first-order chi connectivity index (χ1) is 15.4. The molecule has 2 heterocycles. The van der Waals surface area contributed by atoms with Crippen molar-refractivity contribution in [2.45, 2.75) is 46.1 Å². The highest BCUT2D eigenvalue weighted by molar-refractivity contribution is 7.93. The minimum atomic E-state index is -4.35. The normalized spacial score (nSPS) is 12.1. The third-order valence-corrected chi connectivity index (χ3v) is 6.01. The van der Waals surface area contributed by atoms with E-state index in [-0.39, 0.29) is 33.6 Å². The Balaban J connectivity index is 2.20. The van der Waals surface area contributed by atoms with Gasteiger partial charge in [-0.3, -0.25) is 14.3 Å². The van der Waals surface area contributed by atoms with E-state index in [4.69, 9.17) is 0 Å². The number of rotatable bonds is 9. The quantitative estimate of drug-likeness (QED) is 0.479. The second-order valence-corrected chi connectivity index (χ2v) is 9.45. The van der Waals surface area contributed by atoms with Gasteiger partial charge in [-0.25, -0.2) is 26.8 Å². The molecule has 0 aliphatic carbocycles. The van der Waals surface area contributed by atoms with Gasteiger partial charge in [-0.2, -0.15) is 9.77 Å². The van der Waals surface area contributed by atoms with Gasteiger partial charge in [0.2, 0.25) is 0 Å². The number of carbonyl (C=O) groups excluding carboxylic acids is 1. The summed E-state index contributed by atoms with van der Waals surface area (Å²) in [5.41, 5.74) is -2.52. The van der Waals surface area contributed by atoms with Crippen LogP contribution < -0.4 is 16.1 Å². The maximum Gasteiger partial charge on any atom is 0.348 e. The van der Waals surface area contributed by atoms with Gasteiger partial charge >= 0.3 is 5.69 Å². The molecule has 0 bridgehead atoms. The van der Waals surface area contributed by atoms with E-state index < -0.39 is 44.8 Å². The maximum absolute atomic E-state index is 13.8. The monoisotopic (exact) mass is 483 g/mol. The van der Waals surface area contributed by atoms with E-state index in [1.807, 2.05) is 0 Å². The number of hydrogen-bond acceptors (Lipinski definition) is 6. The van der Waals surface area contributed by atoms with Crippen molar-refractivity contribution < 1.29 is 22.0 Å². The number of aromatic amines is 1. The second kappa shape index (κ2) is 9.25. The van der Waals surface area contributed by atoms with Gasteiger partial charge < -0.3 is 4.98 Å². The minimum Gasteiger partial charge on any atom is -0.305 e. The van der Waals surface area contributed by atoms with Gasteiger partial charge in [0.05, 0.1) is 16.6 Å². The Hall–Kier alpha value is -3.35. The molecule has 0 saturated heterocycles. The van der Waals surface area contributed by atoms with Crippen LogP contribution in [0.25, 0.3) is 22.2 Å². The Morgan fingerprint density at radius 2 is 1.94 bits per heavy atom. The Labute approximate surface area is 187 Å². The van der Waals surface area contributed by atoms with E-state index in [9.17, 15) is 31.6 Å². The Kier molecular flexibility index (Phi) is 6.81. The van der Waals surface area contributed by atoms with Gasteiger partial charge in [0.15, 0.2) is 0 Å². The standard InChI is InChI=1S/C20H23F2N5O5S/c1-4-5-12(28)10-33(31,32)25-27-19(29)15-8-13(17-6-7-23-26(17)11(2)3)14(18(21)22)9-16(15)24-20(27)30/h6-9,11,18,25H,4-5,10H2,1-3H3,(H,24,30). The number of nitrogens with zero attached hydrogens (tertiary/aromatic N) is 3. The number of hydrogen-bond donors (Lipinski definition) is 2. The van der Waals surface area contributed by atoms with Crippen LogP contribution in [0.4, 0.5) is 8.78 Å². The SMILES string of the molecule is CCCC(=O)CS(=O)(=O)Nn1c(=O)[nH]c2cc(C(F)F)c(-c3ccnn3C(C)C)cc2c1=O. The summed E-state index contributed by atoms with van der Waals surface area (Å²) in [5, 5.41) is 3.92. The number of alkyl halides is 2. The molecule has 0 amide bonds. The molecule has 0 spiro atoms. The molecule has 0 fully saturated rings. The predicted octanol–water partition coefficient (Wildman–Crippen LogP) is 2.31. The van der Waals surface area contributed by atoms with Crippen molar-refractivity contribution in [3.8, 4) is 11.3 Å². The molecule has 33 heavy (non-hydrogen) atoms. The van der Waals surface area contributed by atoms with Crippen molar-refractivity contribution in [2.75, 3.05) is 10.6 Å². The Bertz CT molecular complexity index is 1420. The first-order valence-electron chi connectivity index (χ1n) is 10.1. The van der Waals surface area contributed by atoms with E-state index in [0.29, 0.717) is 12.1 Å². The molecule has 3 aromatic rings. The van der Waals surface area contributed by atoms with Crippen molar-refractivity contribution in [1.82, 2.24) is 19.4 Å². The van der Waals surface area contributed by atoms with Crippen molar-refractivity contribution in [2.24, 2.45) is 0 Å². The number of benzene rings is 1. The van der Waals surface area contributed by atoms with Crippen LogP contribution >= 0.6 is 0 Å². The number of sulfonamides is 1. The highest BCUT2D eigenvalue weighted by atomic mass is 32.2. The molecular formula is C20H23F2N5O5S. The van der Waals surface area contributed by atoms with Crippen LogP contribution in [0.2, 0.25) is 0 Å². The molecule has 0 saturated carbocycles. The van der Waals surface area contributed by atoms with E-state index >= 15 is 0 Å². The number of nitrogens with one attached hydrogen (secondary N) is 2. The molecule has 0 atom stereocenters. The lowest BCUT2D eigenvalue weighted by Gasteiger charge is -2.16. The molecule has 0 aliphatic rings. The first-order valence-corrected chi connectivity index (χ1v) is 11.8. The van der Waals surface area contributed by atoms with Gasteiger partial charge in [0.25, 0.3) is 22.0 Å². The zero-order chi connectivity index (χ0) is 24.5. The summed E-state index contributed by atoms with van der Waals surface area (Å²) >= 11 is 0. The van der Waals surface area contributed by atoms with Crippen LogP contribution in [0.3, 0.4) is 0 Å².